The maximum atomic E-state index is 4.49. The number of nitrogens with one attached hydrogen (secondary N) is 1. The smallest absolute Gasteiger partial charge is 0.203 e. The Labute approximate surface area is 127 Å². The Morgan fingerprint density at radius 1 is 1.24 bits per heavy atom. The van der Waals surface area contributed by atoms with Crippen LogP contribution in [0.15, 0.2) is 36.7 Å². The Kier molecular flexibility index (Phi) is 4.59. The summed E-state index contributed by atoms with van der Waals surface area (Å²) in [5.74, 6) is 1.04. The maximum absolute atomic E-state index is 4.49. The van der Waals surface area contributed by atoms with Crippen molar-refractivity contribution in [1.82, 2.24) is 9.55 Å². The zero-order valence-electron chi connectivity index (χ0n) is 12.9. The van der Waals surface area contributed by atoms with E-state index in [0.29, 0.717) is 6.04 Å². The van der Waals surface area contributed by atoms with Crippen LogP contribution in [0.4, 0.5) is 5.95 Å². The Balaban J connectivity index is 1.57. The maximum Gasteiger partial charge on any atom is 0.203 e. The number of anilines is 1. The Morgan fingerprint density at radius 3 is 2.90 bits per heavy atom. The molecule has 1 saturated carbocycles. The van der Waals surface area contributed by atoms with E-state index in [9.17, 15) is 0 Å². The number of nitrogens with zero attached hydrogens (tertiary/aromatic N) is 2. The summed E-state index contributed by atoms with van der Waals surface area (Å²) in [6.07, 6.45) is 11.8. The summed E-state index contributed by atoms with van der Waals surface area (Å²) in [6, 6.07) is 9.38. The van der Waals surface area contributed by atoms with Crippen molar-refractivity contribution in [2.75, 3.05) is 11.9 Å². The minimum Gasteiger partial charge on any atom is -0.355 e. The normalized spacial score (nSPS) is 16.0. The standard InChI is InChI=1S/C18H25N3/c1-15-6-5-7-16(14-15)10-11-19-18-20-12-13-21(18)17-8-3-2-4-9-17/h5-7,12-14,17H,2-4,8-11H2,1H3,(H,19,20). The van der Waals surface area contributed by atoms with Gasteiger partial charge in [-0.1, -0.05) is 49.1 Å². The average Bonchev–Trinajstić information content (AvgIpc) is 2.97. The summed E-state index contributed by atoms with van der Waals surface area (Å²) in [5, 5.41) is 3.51. The summed E-state index contributed by atoms with van der Waals surface area (Å²) in [5.41, 5.74) is 2.72. The molecule has 0 saturated heterocycles. The first kappa shape index (κ1) is 14.2. The zero-order valence-corrected chi connectivity index (χ0v) is 12.9. The summed E-state index contributed by atoms with van der Waals surface area (Å²) >= 11 is 0. The predicted octanol–water partition coefficient (Wildman–Crippen LogP) is 4.35. The van der Waals surface area contributed by atoms with Crippen molar-refractivity contribution in [1.29, 1.82) is 0 Å². The summed E-state index contributed by atoms with van der Waals surface area (Å²) in [7, 11) is 0. The van der Waals surface area contributed by atoms with E-state index in [2.05, 4.69) is 52.3 Å². The molecule has 0 spiro atoms. The van der Waals surface area contributed by atoms with E-state index in [4.69, 9.17) is 0 Å². The molecule has 1 aromatic heterocycles. The fourth-order valence-corrected chi connectivity index (χ4v) is 3.29. The fourth-order valence-electron chi connectivity index (χ4n) is 3.29. The van der Waals surface area contributed by atoms with Crippen molar-refractivity contribution in [3.05, 3.63) is 47.8 Å². The number of aromatic nitrogens is 2. The van der Waals surface area contributed by atoms with E-state index >= 15 is 0 Å². The third-order valence-electron chi connectivity index (χ3n) is 4.42. The molecule has 1 N–H and O–H groups in total. The van der Waals surface area contributed by atoms with Gasteiger partial charge in [0.05, 0.1) is 0 Å². The molecule has 2 aromatic rings. The monoisotopic (exact) mass is 283 g/mol. The summed E-state index contributed by atoms with van der Waals surface area (Å²) < 4.78 is 2.34. The molecule has 1 fully saturated rings. The van der Waals surface area contributed by atoms with Crippen LogP contribution >= 0.6 is 0 Å². The number of hydrogen-bond acceptors (Lipinski definition) is 2. The number of benzene rings is 1. The van der Waals surface area contributed by atoms with Gasteiger partial charge in [-0.2, -0.15) is 0 Å². The van der Waals surface area contributed by atoms with Gasteiger partial charge in [-0.25, -0.2) is 4.98 Å². The highest BCUT2D eigenvalue weighted by Gasteiger charge is 2.17. The molecule has 3 nitrogen and oxygen atoms in total. The highest BCUT2D eigenvalue weighted by molar-refractivity contribution is 5.28. The van der Waals surface area contributed by atoms with E-state index < -0.39 is 0 Å². The largest absolute Gasteiger partial charge is 0.355 e. The molecular weight excluding hydrogens is 258 g/mol. The minimum absolute atomic E-state index is 0.641. The van der Waals surface area contributed by atoms with Crippen LogP contribution in [0.1, 0.15) is 49.3 Å². The molecule has 1 heterocycles. The molecule has 0 bridgehead atoms. The summed E-state index contributed by atoms with van der Waals surface area (Å²) in [4.78, 5) is 4.49. The van der Waals surface area contributed by atoms with Crippen molar-refractivity contribution in [2.45, 2.75) is 51.5 Å². The number of hydrogen-bond donors (Lipinski definition) is 1. The molecule has 1 aliphatic carbocycles. The van der Waals surface area contributed by atoms with Gasteiger partial charge in [0, 0.05) is 25.0 Å². The van der Waals surface area contributed by atoms with Gasteiger partial charge >= 0.3 is 0 Å². The van der Waals surface area contributed by atoms with E-state index in [1.807, 2.05) is 6.20 Å². The van der Waals surface area contributed by atoms with Crippen LogP contribution in [0.5, 0.6) is 0 Å². The lowest BCUT2D eigenvalue weighted by atomic mass is 9.95. The third-order valence-corrected chi connectivity index (χ3v) is 4.42. The second-order valence-corrected chi connectivity index (χ2v) is 6.12. The van der Waals surface area contributed by atoms with Crippen LogP contribution in [0.25, 0.3) is 0 Å². The van der Waals surface area contributed by atoms with E-state index in [0.717, 1.165) is 18.9 Å². The Bertz CT molecular complexity index is 567. The molecule has 0 atom stereocenters. The van der Waals surface area contributed by atoms with Crippen molar-refractivity contribution in [3.63, 3.8) is 0 Å². The van der Waals surface area contributed by atoms with Gasteiger partial charge in [-0.05, 0) is 31.7 Å². The highest BCUT2D eigenvalue weighted by Crippen LogP contribution is 2.30. The molecule has 3 heteroatoms. The SMILES string of the molecule is Cc1cccc(CCNc2nccn2C2CCCCC2)c1. The fraction of sp³-hybridized carbons (Fsp3) is 0.500. The molecule has 0 unspecified atom stereocenters. The van der Waals surface area contributed by atoms with Crippen molar-refractivity contribution < 1.29 is 0 Å². The van der Waals surface area contributed by atoms with Gasteiger partial charge in [0.1, 0.15) is 0 Å². The molecule has 112 valence electrons. The van der Waals surface area contributed by atoms with Crippen LogP contribution in [0.2, 0.25) is 0 Å². The molecule has 3 rings (SSSR count). The number of rotatable bonds is 5. The quantitative estimate of drug-likeness (QED) is 0.884. The molecule has 21 heavy (non-hydrogen) atoms. The van der Waals surface area contributed by atoms with Gasteiger partial charge in [-0.3, -0.25) is 0 Å². The van der Waals surface area contributed by atoms with Crippen molar-refractivity contribution in [3.8, 4) is 0 Å². The second kappa shape index (κ2) is 6.79. The molecular formula is C18H25N3. The van der Waals surface area contributed by atoms with Crippen molar-refractivity contribution >= 4 is 5.95 Å². The first-order chi connectivity index (χ1) is 10.3. The van der Waals surface area contributed by atoms with E-state index in [1.165, 1.54) is 43.2 Å². The van der Waals surface area contributed by atoms with Crippen molar-refractivity contribution in [2.24, 2.45) is 0 Å². The molecule has 0 radical (unpaired) electrons. The van der Waals surface area contributed by atoms with Gasteiger partial charge in [0.25, 0.3) is 0 Å². The molecule has 0 amide bonds. The van der Waals surface area contributed by atoms with Gasteiger partial charge < -0.3 is 9.88 Å². The average molecular weight is 283 g/mol. The van der Waals surface area contributed by atoms with E-state index in [-0.39, 0.29) is 0 Å². The molecule has 0 aliphatic heterocycles. The second-order valence-electron chi connectivity index (χ2n) is 6.12. The van der Waals surface area contributed by atoms with Gasteiger partial charge in [0.2, 0.25) is 5.95 Å². The molecule has 1 aliphatic rings. The van der Waals surface area contributed by atoms with Crippen LogP contribution in [0.3, 0.4) is 0 Å². The number of aryl methyl sites for hydroxylation is 1. The minimum atomic E-state index is 0.641. The van der Waals surface area contributed by atoms with Gasteiger partial charge in [0.15, 0.2) is 0 Å². The lowest BCUT2D eigenvalue weighted by molar-refractivity contribution is 0.356. The topological polar surface area (TPSA) is 29.9 Å². The first-order valence-electron chi connectivity index (χ1n) is 8.15. The van der Waals surface area contributed by atoms with E-state index in [1.54, 1.807) is 0 Å². The highest BCUT2D eigenvalue weighted by atomic mass is 15.2. The zero-order chi connectivity index (χ0) is 14.5. The van der Waals surface area contributed by atoms with Crippen LogP contribution in [0, 0.1) is 6.92 Å². The Morgan fingerprint density at radius 2 is 2.10 bits per heavy atom. The number of imidazole rings is 1. The van der Waals surface area contributed by atoms with Gasteiger partial charge in [-0.15, -0.1) is 0 Å². The Hall–Kier alpha value is -1.77. The lowest BCUT2D eigenvalue weighted by Gasteiger charge is -2.24. The first-order valence-corrected chi connectivity index (χ1v) is 8.15. The summed E-state index contributed by atoms with van der Waals surface area (Å²) in [6.45, 7) is 3.08. The van der Waals surface area contributed by atoms with Crippen LogP contribution in [-0.4, -0.2) is 16.1 Å². The van der Waals surface area contributed by atoms with Crippen LogP contribution in [-0.2, 0) is 6.42 Å². The lowest BCUT2D eigenvalue weighted by Crippen LogP contribution is -2.16. The van der Waals surface area contributed by atoms with Crippen LogP contribution < -0.4 is 5.32 Å². The molecule has 1 aromatic carbocycles. The third kappa shape index (κ3) is 3.66. The predicted molar refractivity (Wildman–Crippen MR) is 87.7 cm³/mol.